The van der Waals surface area contributed by atoms with E-state index in [1.165, 1.54) is 32.0 Å². The summed E-state index contributed by atoms with van der Waals surface area (Å²) < 4.78 is 28.4. The van der Waals surface area contributed by atoms with Crippen LogP contribution in [0.4, 0.5) is 5.69 Å². The number of benzene rings is 1. The minimum Gasteiger partial charge on any atom is -0.480 e. The Balaban J connectivity index is 2.40. The van der Waals surface area contributed by atoms with Crippen LogP contribution in [0, 0.1) is 0 Å². The highest BCUT2D eigenvalue weighted by atomic mass is 32.2. The first kappa shape index (κ1) is 14.3. The molecule has 1 fully saturated rings. The summed E-state index contributed by atoms with van der Waals surface area (Å²) in [5.74, 6) is -1.75. The molecule has 108 valence electrons. The van der Waals surface area contributed by atoms with Crippen LogP contribution in [0.3, 0.4) is 0 Å². The van der Waals surface area contributed by atoms with Crippen molar-refractivity contribution in [1.29, 1.82) is 0 Å². The van der Waals surface area contributed by atoms with Crippen molar-refractivity contribution < 1.29 is 27.9 Å². The molecule has 1 heterocycles. The van der Waals surface area contributed by atoms with Gasteiger partial charge in [-0.15, -0.1) is 0 Å². The molecular weight excluding hydrogens is 286 g/mol. The molecule has 1 aliphatic rings. The summed E-state index contributed by atoms with van der Waals surface area (Å²) in [5, 5.41) is 8.59. The second kappa shape index (κ2) is 4.48. The van der Waals surface area contributed by atoms with E-state index < -0.39 is 33.3 Å². The summed E-state index contributed by atoms with van der Waals surface area (Å²) in [6.45, 7) is 2.02. The van der Waals surface area contributed by atoms with Crippen LogP contribution in [0.1, 0.15) is 13.8 Å². The molecule has 1 N–H and O–H groups in total. The number of carbonyl (C=O) groups is 2. The van der Waals surface area contributed by atoms with E-state index in [2.05, 4.69) is 0 Å². The zero-order valence-electron chi connectivity index (χ0n) is 10.9. The molecule has 0 unspecified atom stereocenters. The van der Waals surface area contributed by atoms with Gasteiger partial charge in [-0.05, 0) is 26.0 Å². The number of para-hydroxylation sites is 2. The third kappa shape index (κ3) is 1.92. The van der Waals surface area contributed by atoms with Crippen LogP contribution >= 0.6 is 0 Å². The largest absolute Gasteiger partial charge is 0.480 e. The maximum atomic E-state index is 12.1. The van der Waals surface area contributed by atoms with Crippen LogP contribution in [0.2, 0.25) is 0 Å². The van der Waals surface area contributed by atoms with Gasteiger partial charge >= 0.3 is 5.97 Å². The van der Waals surface area contributed by atoms with E-state index in [9.17, 15) is 18.0 Å². The van der Waals surface area contributed by atoms with E-state index in [1.54, 1.807) is 6.07 Å². The van der Waals surface area contributed by atoms with Crippen molar-refractivity contribution in [1.82, 2.24) is 0 Å². The normalized spacial score (nSPS) is 19.3. The molecular formula is C12H13NO6S. The molecule has 8 heteroatoms. The lowest BCUT2D eigenvalue weighted by molar-refractivity contribution is -0.139. The van der Waals surface area contributed by atoms with Crippen LogP contribution in [-0.4, -0.2) is 36.8 Å². The number of hydrogen-bond acceptors (Lipinski definition) is 5. The quantitative estimate of drug-likeness (QED) is 0.874. The van der Waals surface area contributed by atoms with Gasteiger partial charge in [0.25, 0.3) is 15.9 Å². The molecule has 0 radical (unpaired) electrons. The van der Waals surface area contributed by atoms with Gasteiger partial charge in [-0.1, -0.05) is 12.1 Å². The molecule has 1 amide bonds. The number of carbonyl (C=O) groups excluding carboxylic acids is 1. The second-order valence-corrected chi connectivity index (χ2v) is 7.07. The number of sulfonamides is 1. The van der Waals surface area contributed by atoms with E-state index >= 15 is 0 Å². The molecule has 1 aliphatic heterocycles. The predicted molar refractivity (Wildman–Crippen MR) is 70.1 cm³/mol. The van der Waals surface area contributed by atoms with E-state index in [4.69, 9.17) is 9.84 Å². The van der Waals surface area contributed by atoms with Crippen molar-refractivity contribution in [3.05, 3.63) is 24.3 Å². The van der Waals surface area contributed by atoms with Gasteiger partial charge in [-0.2, -0.15) is 0 Å². The Bertz CT molecular complexity index is 679. The molecule has 1 aromatic rings. The Morgan fingerprint density at radius 2 is 1.95 bits per heavy atom. The van der Waals surface area contributed by atoms with Gasteiger partial charge in [0.05, 0.1) is 0 Å². The van der Waals surface area contributed by atoms with Crippen molar-refractivity contribution in [3.63, 3.8) is 0 Å². The van der Waals surface area contributed by atoms with Crippen molar-refractivity contribution in [2.45, 2.75) is 18.6 Å². The number of anilines is 1. The number of rotatable bonds is 4. The fourth-order valence-electron chi connectivity index (χ4n) is 1.78. The topological polar surface area (TPSA) is 101 Å². The highest BCUT2D eigenvalue weighted by Crippen LogP contribution is 2.42. The SMILES string of the molecule is CC1(C)C(=O)N(c2ccccc2OCC(=O)O)S1(=O)=O. The Morgan fingerprint density at radius 3 is 2.50 bits per heavy atom. The molecule has 0 saturated carbocycles. The lowest BCUT2D eigenvalue weighted by Crippen LogP contribution is -2.67. The molecule has 0 bridgehead atoms. The minimum atomic E-state index is -3.81. The fourth-order valence-corrected chi connectivity index (χ4v) is 3.27. The molecule has 0 atom stereocenters. The third-order valence-electron chi connectivity index (χ3n) is 3.02. The van der Waals surface area contributed by atoms with Crippen molar-refractivity contribution in [2.75, 3.05) is 10.9 Å². The predicted octanol–water partition coefficient (Wildman–Crippen LogP) is 0.605. The molecule has 1 aromatic carbocycles. The maximum absolute atomic E-state index is 12.1. The number of carboxylic acid groups (broad SMARTS) is 1. The number of carboxylic acids is 1. The summed E-state index contributed by atoms with van der Waals surface area (Å²) in [4.78, 5) is 22.5. The number of aliphatic carboxylic acids is 1. The average Bonchev–Trinajstić information content (AvgIpc) is 2.37. The van der Waals surface area contributed by atoms with Gasteiger partial charge in [-0.3, -0.25) is 4.79 Å². The number of ether oxygens (including phenoxy) is 1. The highest BCUT2D eigenvalue weighted by molar-refractivity contribution is 7.98. The van der Waals surface area contributed by atoms with Crippen LogP contribution < -0.4 is 9.04 Å². The fraction of sp³-hybridized carbons (Fsp3) is 0.333. The standard InChI is InChI=1S/C12H13NO6S/c1-12(2)11(16)13(20(12,17)18)8-5-3-4-6-9(8)19-7-10(14)15/h3-6H,7H2,1-2H3,(H,14,15). The maximum Gasteiger partial charge on any atom is 0.341 e. The van der Waals surface area contributed by atoms with Gasteiger partial charge in [0.1, 0.15) is 11.4 Å². The number of nitrogens with zero attached hydrogens (tertiary/aromatic N) is 1. The molecule has 1 saturated heterocycles. The van der Waals surface area contributed by atoms with Gasteiger partial charge in [0.15, 0.2) is 11.4 Å². The monoisotopic (exact) mass is 299 g/mol. The van der Waals surface area contributed by atoms with Crippen LogP contribution in [0.15, 0.2) is 24.3 Å². The van der Waals surface area contributed by atoms with Crippen LogP contribution in [0.25, 0.3) is 0 Å². The van der Waals surface area contributed by atoms with Crippen molar-refractivity contribution >= 4 is 27.6 Å². The summed E-state index contributed by atoms with van der Waals surface area (Å²) in [6, 6.07) is 5.90. The molecule has 0 aromatic heterocycles. The highest BCUT2D eigenvalue weighted by Gasteiger charge is 2.61. The zero-order valence-corrected chi connectivity index (χ0v) is 11.7. The van der Waals surface area contributed by atoms with E-state index in [0.29, 0.717) is 4.31 Å². The lowest BCUT2D eigenvalue weighted by Gasteiger charge is -2.43. The zero-order chi connectivity index (χ0) is 15.1. The first-order valence-electron chi connectivity index (χ1n) is 5.72. The number of amides is 1. The van der Waals surface area contributed by atoms with Crippen molar-refractivity contribution in [2.24, 2.45) is 0 Å². The molecule has 0 spiro atoms. The Morgan fingerprint density at radius 1 is 1.35 bits per heavy atom. The molecule has 2 rings (SSSR count). The number of hydrogen-bond donors (Lipinski definition) is 1. The first-order chi connectivity index (χ1) is 9.19. The Hall–Kier alpha value is -2.09. The van der Waals surface area contributed by atoms with Crippen molar-refractivity contribution in [3.8, 4) is 5.75 Å². The van der Waals surface area contributed by atoms with Crippen LogP contribution in [0.5, 0.6) is 5.75 Å². The molecule has 0 aliphatic carbocycles. The Kier molecular flexibility index (Phi) is 3.21. The lowest BCUT2D eigenvalue weighted by atomic mass is 10.1. The summed E-state index contributed by atoms with van der Waals surface area (Å²) in [7, 11) is -3.81. The molecule has 20 heavy (non-hydrogen) atoms. The first-order valence-corrected chi connectivity index (χ1v) is 7.16. The Labute approximate surface area is 115 Å². The van der Waals surface area contributed by atoms with Crippen LogP contribution in [-0.2, 0) is 19.6 Å². The summed E-state index contributed by atoms with van der Waals surface area (Å²) >= 11 is 0. The van der Waals surface area contributed by atoms with E-state index in [-0.39, 0.29) is 11.4 Å². The smallest absolute Gasteiger partial charge is 0.341 e. The summed E-state index contributed by atoms with van der Waals surface area (Å²) in [6.07, 6.45) is 0. The van der Waals surface area contributed by atoms with Gasteiger partial charge in [-0.25, -0.2) is 17.5 Å². The molecule has 7 nitrogen and oxygen atoms in total. The average molecular weight is 299 g/mol. The summed E-state index contributed by atoms with van der Waals surface area (Å²) in [5.41, 5.74) is 0.0260. The van der Waals surface area contributed by atoms with Gasteiger partial charge in [0, 0.05) is 0 Å². The van der Waals surface area contributed by atoms with E-state index in [0.717, 1.165) is 0 Å². The van der Waals surface area contributed by atoms with Gasteiger partial charge in [0.2, 0.25) is 0 Å². The van der Waals surface area contributed by atoms with Gasteiger partial charge < -0.3 is 9.84 Å². The second-order valence-electron chi connectivity index (χ2n) is 4.74. The minimum absolute atomic E-state index is 0.0260. The third-order valence-corrected chi connectivity index (χ3v) is 5.33. The van der Waals surface area contributed by atoms with E-state index in [1.807, 2.05) is 0 Å².